The molecule has 0 aliphatic rings. The summed E-state index contributed by atoms with van der Waals surface area (Å²) in [7, 11) is 0. The van der Waals surface area contributed by atoms with Gasteiger partial charge in [0.15, 0.2) is 17.5 Å². The predicted molar refractivity (Wildman–Crippen MR) is 157 cm³/mol. The van der Waals surface area contributed by atoms with E-state index in [1.54, 1.807) is 12.1 Å². The van der Waals surface area contributed by atoms with Crippen molar-refractivity contribution in [1.82, 2.24) is 24.9 Å². The number of halogens is 1. The topological polar surface area (TPSA) is 112 Å². The molecular weight excluding hydrogens is 530 g/mol. The van der Waals surface area contributed by atoms with Crippen LogP contribution in [0.3, 0.4) is 0 Å². The third-order valence-electron chi connectivity index (χ3n) is 6.31. The second kappa shape index (κ2) is 11.2. The maximum Gasteiger partial charge on any atom is 0.164 e. The van der Waals surface area contributed by atoms with Crippen molar-refractivity contribution in [3.63, 3.8) is 0 Å². The van der Waals surface area contributed by atoms with Crippen LogP contribution in [0.1, 0.15) is 11.3 Å². The maximum absolute atomic E-state index is 9.37. The van der Waals surface area contributed by atoms with Gasteiger partial charge in [-0.05, 0) is 30.3 Å². The molecule has 0 aliphatic heterocycles. The minimum absolute atomic E-state index is 0.247. The highest BCUT2D eigenvalue weighted by molar-refractivity contribution is 6.29. The van der Waals surface area contributed by atoms with Gasteiger partial charge in [-0.15, -0.1) is 0 Å². The minimum Gasteiger partial charge on any atom is -0.237 e. The molecule has 0 unspecified atom stereocenters. The molecule has 0 amide bonds. The quantitative estimate of drug-likeness (QED) is 0.207. The maximum atomic E-state index is 9.37. The predicted octanol–water partition coefficient (Wildman–Crippen LogP) is 7.39. The Labute approximate surface area is 241 Å². The van der Waals surface area contributed by atoms with Crippen LogP contribution < -0.4 is 0 Å². The van der Waals surface area contributed by atoms with Crippen molar-refractivity contribution in [2.24, 2.45) is 0 Å². The average molecular weight is 548 g/mol. The smallest absolute Gasteiger partial charge is 0.164 e. The van der Waals surface area contributed by atoms with Gasteiger partial charge in [-0.1, -0.05) is 90.5 Å². The first-order valence-electron chi connectivity index (χ1n) is 12.6. The summed E-state index contributed by atoms with van der Waals surface area (Å²) in [6, 6.07) is 37.9. The van der Waals surface area contributed by atoms with E-state index in [4.69, 9.17) is 26.6 Å². The van der Waals surface area contributed by atoms with Gasteiger partial charge >= 0.3 is 0 Å². The summed E-state index contributed by atoms with van der Waals surface area (Å²) in [5.41, 5.74) is 6.16. The van der Waals surface area contributed by atoms with Gasteiger partial charge in [0, 0.05) is 27.8 Å². The summed E-state index contributed by atoms with van der Waals surface area (Å²) in [5.74, 6) is 1.54. The monoisotopic (exact) mass is 547 g/mol. The summed E-state index contributed by atoms with van der Waals surface area (Å²) in [6.07, 6.45) is 0. The molecule has 41 heavy (non-hydrogen) atoms. The fourth-order valence-electron chi connectivity index (χ4n) is 4.33. The Bertz CT molecular complexity index is 1980. The molecule has 0 radical (unpaired) electrons. The molecular formula is C33H18ClN7. The molecule has 3 aromatic heterocycles. The van der Waals surface area contributed by atoms with Crippen molar-refractivity contribution < 1.29 is 0 Å². The fourth-order valence-corrected chi connectivity index (χ4v) is 4.53. The van der Waals surface area contributed by atoms with E-state index in [0.717, 1.165) is 27.8 Å². The number of aromatic nitrogens is 5. The second-order valence-electron chi connectivity index (χ2n) is 9.03. The third-order valence-corrected chi connectivity index (χ3v) is 6.50. The summed E-state index contributed by atoms with van der Waals surface area (Å²) in [4.78, 5) is 23.2. The summed E-state index contributed by atoms with van der Waals surface area (Å²) in [5, 5.41) is 18.8. The molecule has 192 valence electrons. The van der Waals surface area contributed by atoms with Gasteiger partial charge < -0.3 is 0 Å². The molecule has 0 spiro atoms. The van der Waals surface area contributed by atoms with Crippen LogP contribution in [-0.2, 0) is 0 Å². The lowest BCUT2D eigenvalue weighted by molar-refractivity contribution is 1.07. The summed E-state index contributed by atoms with van der Waals surface area (Å²) < 4.78 is 0. The molecule has 8 heteroatoms. The average Bonchev–Trinajstić information content (AvgIpc) is 3.05. The van der Waals surface area contributed by atoms with E-state index >= 15 is 0 Å². The molecule has 0 bridgehead atoms. The van der Waals surface area contributed by atoms with Gasteiger partial charge in [0.25, 0.3) is 0 Å². The number of pyridine rings is 2. The molecule has 0 saturated carbocycles. The first kappa shape index (κ1) is 25.5. The third kappa shape index (κ3) is 5.53. The van der Waals surface area contributed by atoms with Crippen molar-refractivity contribution in [3.05, 3.63) is 126 Å². The molecule has 6 rings (SSSR count). The van der Waals surface area contributed by atoms with Gasteiger partial charge in [-0.2, -0.15) is 10.5 Å². The van der Waals surface area contributed by atoms with E-state index in [9.17, 15) is 10.5 Å². The number of hydrogen-bond acceptors (Lipinski definition) is 7. The number of nitrogens with zero attached hydrogens (tertiary/aromatic N) is 7. The van der Waals surface area contributed by atoms with E-state index in [-0.39, 0.29) is 5.15 Å². The van der Waals surface area contributed by atoms with Crippen molar-refractivity contribution in [2.75, 3.05) is 0 Å². The first-order chi connectivity index (χ1) is 20.1. The lowest BCUT2D eigenvalue weighted by Gasteiger charge is -2.10. The normalized spacial score (nSPS) is 10.5. The molecule has 0 fully saturated rings. The van der Waals surface area contributed by atoms with Gasteiger partial charge in [0.05, 0.1) is 23.0 Å². The highest BCUT2D eigenvalue weighted by Crippen LogP contribution is 2.29. The molecule has 7 nitrogen and oxygen atoms in total. The SMILES string of the molecule is N#Cc1cc(Cl)nc(-c2cccc(-c3nc(-c4ccccc4)nc(-c4ccc(-c5cccc(C#N)n5)cc4)n3)c2)c1. The van der Waals surface area contributed by atoms with Crippen LogP contribution in [0.15, 0.2) is 109 Å². The molecule has 0 aliphatic carbocycles. The van der Waals surface area contributed by atoms with Crippen molar-refractivity contribution in [3.8, 4) is 68.8 Å². The van der Waals surface area contributed by atoms with Crippen LogP contribution in [-0.4, -0.2) is 24.9 Å². The number of benzene rings is 3. The highest BCUT2D eigenvalue weighted by atomic mass is 35.5. The minimum atomic E-state index is 0.247. The largest absolute Gasteiger partial charge is 0.237 e. The molecule has 6 aromatic rings. The second-order valence-corrected chi connectivity index (χ2v) is 9.41. The standard InChI is InChI=1S/C33H18ClN7/c34-30-17-21(19-35)16-29(38-30)25-8-4-9-26(18-25)33-40-31(23-6-2-1-3-7-23)39-32(41-33)24-14-12-22(13-15-24)28-11-5-10-27(20-36)37-28/h1-18H. The Balaban J connectivity index is 1.44. The van der Waals surface area contributed by atoms with Crippen LogP contribution in [0.5, 0.6) is 0 Å². The number of nitriles is 2. The summed E-state index contributed by atoms with van der Waals surface area (Å²) >= 11 is 6.16. The van der Waals surface area contributed by atoms with E-state index in [1.165, 1.54) is 6.07 Å². The first-order valence-corrected chi connectivity index (χ1v) is 13.0. The van der Waals surface area contributed by atoms with Crippen LogP contribution in [0.4, 0.5) is 0 Å². The van der Waals surface area contributed by atoms with Crippen LogP contribution >= 0.6 is 11.6 Å². The number of rotatable bonds is 5. The van der Waals surface area contributed by atoms with E-state index in [0.29, 0.717) is 40.1 Å². The fraction of sp³-hybridized carbons (Fsp3) is 0. The van der Waals surface area contributed by atoms with Crippen LogP contribution in [0.2, 0.25) is 5.15 Å². The van der Waals surface area contributed by atoms with E-state index < -0.39 is 0 Å². The Kier molecular flexibility index (Phi) is 6.94. The van der Waals surface area contributed by atoms with E-state index in [1.807, 2.05) is 91.0 Å². The van der Waals surface area contributed by atoms with Crippen molar-refractivity contribution in [1.29, 1.82) is 10.5 Å². The Hall–Kier alpha value is -5.76. The molecule has 0 saturated heterocycles. The Morgan fingerprint density at radius 2 is 1.07 bits per heavy atom. The molecule has 3 aromatic carbocycles. The van der Waals surface area contributed by atoms with Gasteiger partial charge in [-0.3, -0.25) is 0 Å². The number of hydrogen-bond donors (Lipinski definition) is 0. The zero-order valence-corrected chi connectivity index (χ0v) is 22.2. The van der Waals surface area contributed by atoms with Gasteiger partial charge in [0.1, 0.15) is 16.9 Å². The Morgan fingerprint density at radius 1 is 0.463 bits per heavy atom. The van der Waals surface area contributed by atoms with E-state index in [2.05, 4.69) is 22.1 Å². The zero-order valence-electron chi connectivity index (χ0n) is 21.4. The van der Waals surface area contributed by atoms with Crippen molar-refractivity contribution >= 4 is 11.6 Å². The van der Waals surface area contributed by atoms with Gasteiger partial charge in [-0.25, -0.2) is 24.9 Å². The van der Waals surface area contributed by atoms with Gasteiger partial charge in [0.2, 0.25) is 0 Å². The summed E-state index contributed by atoms with van der Waals surface area (Å²) in [6.45, 7) is 0. The molecule has 0 N–H and O–H groups in total. The van der Waals surface area contributed by atoms with Crippen molar-refractivity contribution in [2.45, 2.75) is 0 Å². The lowest BCUT2D eigenvalue weighted by Crippen LogP contribution is -2.00. The Morgan fingerprint density at radius 3 is 1.78 bits per heavy atom. The van der Waals surface area contributed by atoms with Crippen LogP contribution in [0, 0.1) is 22.7 Å². The molecule has 0 atom stereocenters. The molecule has 3 heterocycles. The van der Waals surface area contributed by atoms with Crippen LogP contribution in [0.25, 0.3) is 56.7 Å². The highest BCUT2D eigenvalue weighted by Gasteiger charge is 2.14. The zero-order chi connectivity index (χ0) is 28.2. The lowest BCUT2D eigenvalue weighted by atomic mass is 10.1.